The molecule has 0 bridgehead atoms. The van der Waals surface area contributed by atoms with E-state index < -0.39 is 58.4 Å². The molecule has 0 amide bonds. The number of hydrogen-bond donors (Lipinski definition) is 3. The van der Waals surface area contributed by atoms with Gasteiger partial charge in [0.1, 0.15) is 12.2 Å². The molecule has 0 saturated carbocycles. The van der Waals surface area contributed by atoms with E-state index in [1.807, 2.05) is 0 Å². The minimum absolute atomic E-state index is 0.196. The first-order chi connectivity index (χ1) is 18.8. The third-order valence-electron chi connectivity index (χ3n) is 6.32. The van der Waals surface area contributed by atoms with Crippen LogP contribution in [0.15, 0.2) is 0 Å². The van der Waals surface area contributed by atoms with Crippen molar-refractivity contribution < 1.29 is 47.8 Å². The van der Waals surface area contributed by atoms with E-state index in [0.717, 1.165) is 38.5 Å². The molecular weight excluding hydrogens is 527 g/mol. The van der Waals surface area contributed by atoms with Gasteiger partial charge in [0, 0.05) is 12.8 Å². The van der Waals surface area contributed by atoms with Crippen LogP contribution in [0, 0.1) is 0 Å². The zero-order chi connectivity index (χ0) is 29.2. The van der Waals surface area contributed by atoms with Crippen molar-refractivity contribution in [1.29, 1.82) is 0 Å². The molecule has 0 saturated heterocycles. The van der Waals surface area contributed by atoms with E-state index in [-0.39, 0.29) is 12.8 Å². The Bertz CT molecular complexity index is 596. The predicted molar refractivity (Wildman–Crippen MR) is 150 cm³/mol. The zero-order valence-corrected chi connectivity index (χ0v) is 25.3. The minimum Gasteiger partial charge on any atom is -0.457 e. The summed E-state index contributed by atoms with van der Waals surface area (Å²) in [6.07, 6.45) is 15.5. The number of esters is 2. The fourth-order valence-corrected chi connectivity index (χ4v) is 4.72. The van der Waals surface area contributed by atoms with Crippen molar-refractivity contribution in [2.24, 2.45) is 0 Å². The lowest BCUT2D eigenvalue weighted by Gasteiger charge is -2.20. The fourth-order valence-electron chi connectivity index (χ4n) is 3.94. The number of ether oxygens (including phenoxy) is 2. The highest BCUT2D eigenvalue weighted by Gasteiger charge is 2.27. The Morgan fingerprint density at radius 3 is 1.21 bits per heavy atom. The molecular formula is C28H55O10P. The summed E-state index contributed by atoms with van der Waals surface area (Å²) in [5.41, 5.74) is 0. The molecule has 3 N–H and O–H groups in total. The summed E-state index contributed by atoms with van der Waals surface area (Å²) >= 11 is 0. The van der Waals surface area contributed by atoms with Gasteiger partial charge < -0.3 is 24.6 Å². The molecule has 0 heterocycles. The molecule has 0 fully saturated rings. The van der Waals surface area contributed by atoms with Gasteiger partial charge in [0.05, 0.1) is 26.4 Å². The second-order valence-corrected chi connectivity index (χ2v) is 11.6. The summed E-state index contributed by atoms with van der Waals surface area (Å²) in [5, 5.41) is 18.9. The third-order valence-corrected chi connectivity index (χ3v) is 7.27. The first kappa shape index (κ1) is 38.0. The Kier molecular flexibility index (Phi) is 25.2. The van der Waals surface area contributed by atoms with Crippen molar-refractivity contribution in [3.05, 3.63) is 0 Å². The predicted octanol–water partition coefficient (Wildman–Crippen LogP) is 5.99. The number of phosphoric ester groups is 1. The van der Waals surface area contributed by atoms with Crippen molar-refractivity contribution in [1.82, 2.24) is 0 Å². The standard InChI is InChI=1S/C28H55O10P/c1-3-5-7-9-11-13-15-17-19-27(31)37-25(21-29)23-35-39(33,34)36-24-26(22-30)38-28(32)20-18-16-14-12-10-8-6-4-2/h25-26,29-30H,3-24H2,1-2H3,(H,33,34). The van der Waals surface area contributed by atoms with Crippen LogP contribution >= 0.6 is 7.82 Å². The molecule has 11 heteroatoms. The van der Waals surface area contributed by atoms with Gasteiger partial charge in [-0.2, -0.15) is 0 Å². The maximum Gasteiger partial charge on any atom is 0.472 e. The van der Waals surface area contributed by atoms with E-state index in [1.54, 1.807) is 0 Å². The van der Waals surface area contributed by atoms with Crippen LogP contribution in [-0.4, -0.2) is 65.7 Å². The Balaban J connectivity index is 4.11. The van der Waals surface area contributed by atoms with Crippen LogP contribution in [0.25, 0.3) is 0 Å². The number of hydrogen-bond acceptors (Lipinski definition) is 9. The van der Waals surface area contributed by atoms with Gasteiger partial charge in [0.25, 0.3) is 0 Å². The number of carbonyl (C=O) groups is 2. The average Bonchev–Trinajstić information content (AvgIpc) is 2.91. The molecule has 2 unspecified atom stereocenters. The summed E-state index contributed by atoms with van der Waals surface area (Å²) < 4.78 is 32.1. The van der Waals surface area contributed by atoms with Crippen LogP contribution in [0.3, 0.4) is 0 Å². The third kappa shape index (κ3) is 24.5. The molecule has 0 aliphatic rings. The molecule has 232 valence electrons. The van der Waals surface area contributed by atoms with Crippen molar-refractivity contribution in [2.45, 2.75) is 142 Å². The van der Waals surface area contributed by atoms with Gasteiger partial charge in [-0.1, -0.05) is 104 Å². The number of unbranched alkanes of at least 4 members (excludes halogenated alkanes) is 14. The SMILES string of the molecule is CCCCCCCCCCC(=O)OC(CO)COP(=O)(O)OCC(CO)OC(=O)CCCCCCCCCC. The normalized spacial score (nSPS) is 14.5. The Labute approximate surface area is 235 Å². The first-order valence-corrected chi connectivity index (χ1v) is 16.5. The average molecular weight is 583 g/mol. The quantitative estimate of drug-likeness (QED) is 0.0570. The van der Waals surface area contributed by atoms with Crippen molar-refractivity contribution in [3.8, 4) is 0 Å². The van der Waals surface area contributed by atoms with Gasteiger partial charge >= 0.3 is 19.8 Å². The minimum atomic E-state index is -4.60. The monoisotopic (exact) mass is 582 g/mol. The lowest BCUT2D eigenvalue weighted by atomic mass is 10.1. The zero-order valence-electron chi connectivity index (χ0n) is 24.4. The number of phosphoric acid groups is 1. The molecule has 2 atom stereocenters. The molecule has 39 heavy (non-hydrogen) atoms. The van der Waals surface area contributed by atoms with Crippen LogP contribution in [-0.2, 0) is 32.7 Å². The van der Waals surface area contributed by atoms with Gasteiger partial charge in [-0.05, 0) is 12.8 Å². The van der Waals surface area contributed by atoms with Crippen LogP contribution in [0.5, 0.6) is 0 Å². The highest BCUT2D eigenvalue weighted by atomic mass is 31.2. The molecule has 10 nitrogen and oxygen atoms in total. The van der Waals surface area contributed by atoms with E-state index in [9.17, 15) is 29.3 Å². The van der Waals surface area contributed by atoms with Gasteiger partial charge in [0.15, 0.2) is 0 Å². The smallest absolute Gasteiger partial charge is 0.457 e. The summed E-state index contributed by atoms with van der Waals surface area (Å²) in [6.45, 7) is 2.09. The Morgan fingerprint density at radius 1 is 0.590 bits per heavy atom. The molecule has 0 aliphatic heterocycles. The van der Waals surface area contributed by atoms with E-state index in [2.05, 4.69) is 13.8 Å². The maximum atomic E-state index is 12.2. The number of aliphatic hydroxyl groups is 2. The van der Waals surface area contributed by atoms with Crippen LogP contribution in [0.4, 0.5) is 0 Å². The second kappa shape index (κ2) is 25.9. The van der Waals surface area contributed by atoms with E-state index in [1.165, 1.54) is 51.4 Å². The lowest BCUT2D eigenvalue weighted by Crippen LogP contribution is -2.28. The van der Waals surface area contributed by atoms with Crippen molar-refractivity contribution >= 4 is 19.8 Å². The Hall–Kier alpha value is -1.03. The molecule has 0 radical (unpaired) electrons. The maximum absolute atomic E-state index is 12.2. The number of rotatable bonds is 28. The number of carbonyl (C=O) groups excluding carboxylic acids is 2. The van der Waals surface area contributed by atoms with Gasteiger partial charge in [-0.25, -0.2) is 4.57 Å². The van der Waals surface area contributed by atoms with Gasteiger partial charge in [-0.3, -0.25) is 18.6 Å². The van der Waals surface area contributed by atoms with Crippen LogP contribution < -0.4 is 0 Å². The fraction of sp³-hybridized carbons (Fsp3) is 0.929. The van der Waals surface area contributed by atoms with Crippen LogP contribution in [0.1, 0.15) is 129 Å². The van der Waals surface area contributed by atoms with Crippen molar-refractivity contribution in [2.75, 3.05) is 26.4 Å². The Morgan fingerprint density at radius 2 is 0.897 bits per heavy atom. The van der Waals surface area contributed by atoms with Crippen molar-refractivity contribution in [3.63, 3.8) is 0 Å². The highest BCUT2D eigenvalue weighted by Crippen LogP contribution is 2.43. The molecule has 0 aliphatic carbocycles. The topological polar surface area (TPSA) is 149 Å². The summed E-state index contributed by atoms with van der Waals surface area (Å²) in [5.74, 6) is -1.03. The second-order valence-electron chi connectivity index (χ2n) is 10.1. The summed E-state index contributed by atoms with van der Waals surface area (Å²) in [6, 6.07) is 0. The summed E-state index contributed by atoms with van der Waals surface area (Å²) in [4.78, 5) is 33.9. The lowest BCUT2D eigenvalue weighted by molar-refractivity contribution is -0.153. The van der Waals surface area contributed by atoms with E-state index in [0.29, 0.717) is 12.8 Å². The van der Waals surface area contributed by atoms with E-state index in [4.69, 9.17) is 18.5 Å². The molecule has 0 aromatic carbocycles. The molecule has 0 aromatic heterocycles. The van der Waals surface area contributed by atoms with Gasteiger partial charge in [0.2, 0.25) is 0 Å². The molecule has 0 spiro atoms. The van der Waals surface area contributed by atoms with Gasteiger partial charge in [-0.15, -0.1) is 0 Å². The summed E-state index contributed by atoms with van der Waals surface area (Å²) in [7, 11) is -4.60. The van der Waals surface area contributed by atoms with Crippen LogP contribution in [0.2, 0.25) is 0 Å². The first-order valence-electron chi connectivity index (χ1n) is 15.0. The molecule has 0 rings (SSSR count). The largest absolute Gasteiger partial charge is 0.472 e. The number of aliphatic hydroxyl groups excluding tert-OH is 2. The molecule has 0 aromatic rings. The highest BCUT2D eigenvalue weighted by molar-refractivity contribution is 7.47. The van der Waals surface area contributed by atoms with E-state index >= 15 is 0 Å².